The summed E-state index contributed by atoms with van der Waals surface area (Å²) in [5.74, 6) is -1.53. The average molecular weight is 292 g/mol. The molecule has 0 unspecified atom stereocenters. The van der Waals surface area contributed by atoms with Gasteiger partial charge in [-0.05, 0) is 18.4 Å². The number of nitrogens with zero attached hydrogens (tertiary/aromatic N) is 1. The summed E-state index contributed by atoms with van der Waals surface area (Å²) in [4.78, 5) is 27.5. The van der Waals surface area contributed by atoms with Gasteiger partial charge in [-0.3, -0.25) is 9.59 Å². The Kier molecular flexibility index (Phi) is 5.14. The average Bonchev–Trinajstić information content (AvgIpc) is 2.53. The molecule has 1 amide bonds. The molecule has 114 valence electrons. The van der Waals surface area contributed by atoms with Gasteiger partial charge in [0.2, 0.25) is 11.8 Å². The number of pyridine rings is 1. The Labute approximate surface area is 123 Å². The zero-order chi connectivity index (χ0) is 15.2. The van der Waals surface area contributed by atoms with Crippen molar-refractivity contribution in [2.24, 2.45) is 11.8 Å². The van der Waals surface area contributed by atoms with Crippen LogP contribution < -0.4 is 10.1 Å². The predicted octanol–water partition coefficient (Wildman–Crippen LogP) is 1.60. The molecule has 0 aromatic carbocycles. The maximum atomic E-state index is 12.2. The van der Waals surface area contributed by atoms with E-state index in [1.807, 2.05) is 6.07 Å². The summed E-state index contributed by atoms with van der Waals surface area (Å²) in [5.41, 5.74) is 0.854. The highest BCUT2D eigenvalue weighted by Crippen LogP contribution is 2.30. The molecule has 2 N–H and O–H groups in total. The number of amides is 1. The van der Waals surface area contributed by atoms with E-state index in [9.17, 15) is 14.7 Å². The van der Waals surface area contributed by atoms with Crippen LogP contribution in [0.2, 0.25) is 0 Å². The summed E-state index contributed by atoms with van der Waals surface area (Å²) in [7, 11) is 1.54. The first-order valence-corrected chi connectivity index (χ1v) is 7.11. The van der Waals surface area contributed by atoms with E-state index in [1.165, 1.54) is 0 Å². The molecule has 1 aliphatic rings. The van der Waals surface area contributed by atoms with Crippen LogP contribution in [0.25, 0.3) is 0 Å². The molecular weight excluding hydrogens is 272 g/mol. The van der Waals surface area contributed by atoms with E-state index in [2.05, 4.69) is 10.3 Å². The molecule has 1 heterocycles. The number of ether oxygens (including phenoxy) is 1. The second-order valence-corrected chi connectivity index (χ2v) is 5.26. The predicted molar refractivity (Wildman–Crippen MR) is 75.7 cm³/mol. The number of methoxy groups -OCH3 is 1. The van der Waals surface area contributed by atoms with Crippen molar-refractivity contribution in [3.63, 3.8) is 0 Å². The van der Waals surface area contributed by atoms with Crippen molar-refractivity contribution in [3.8, 4) is 5.88 Å². The Morgan fingerprint density at radius 1 is 1.33 bits per heavy atom. The Hall–Kier alpha value is -2.11. The van der Waals surface area contributed by atoms with Crippen molar-refractivity contribution in [1.82, 2.24) is 10.3 Å². The normalized spacial score (nSPS) is 21.6. The molecule has 1 saturated carbocycles. The van der Waals surface area contributed by atoms with E-state index in [0.717, 1.165) is 18.4 Å². The smallest absolute Gasteiger partial charge is 0.307 e. The standard InChI is InChI=1S/C15H20N2O4/c1-21-13-7-6-10(8-16-13)9-17-14(18)11-4-2-3-5-12(11)15(19)20/h6-8,11-12H,2-5,9H2,1H3,(H,17,18)(H,19,20)/t11-,12+/m1/s1. The highest BCUT2D eigenvalue weighted by atomic mass is 16.5. The van der Waals surface area contributed by atoms with E-state index in [1.54, 1.807) is 19.4 Å². The van der Waals surface area contributed by atoms with Crippen LogP contribution in [-0.4, -0.2) is 29.1 Å². The first-order valence-electron chi connectivity index (χ1n) is 7.11. The minimum absolute atomic E-state index is 0.182. The first kappa shape index (κ1) is 15.3. The molecule has 6 heteroatoms. The quantitative estimate of drug-likeness (QED) is 0.860. The van der Waals surface area contributed by atoms with Crippen LogP contribution in [0.5, 0.6) is 5.88 Å². The summed E-state index contributed by atoms with van der Waals surface area (Å²) >= 11 is 0. The molecular formula is C15H20N2O4. The van der Waals surface area contributed by atoms with E-state index < -0.39 is 17.8 Å². The molecule has 0 saturated heterocycles. The lowest BCUT2D eigenvalue weighted by Gasteiger charge is -2.27. The minimum atomic E-state index is -0.874. The number of rotatable bonds is 5. The zero-order valence-electron chi connectivity index (χ0n) is 12.0. The third-order valence-corrected chi connectivity index (χ3v) is 3.89. The van der Waals surface area contributed by atoms with Crippen LogP contribution in [-0.2, 0) is 16.1 Å². The number of aliphatic carboxylic acids is 1. The van der Waals surface area contributed by atoms with Crippen LogP contribution in [0.4, 0.5) is 0 Å². The molecule has 0 radical (unpaired) electrons. The van der Waals surface area contributed by atoms with Crippen molar-refractivity contribution in [2.75, 3.05) is 7.11 Å². The third kappa shape index (κ3) is 3.93. The van der Waals surface area contributed by atoms with E-state index >= 15 is 0 Å². The van der Waals surface area contributed by atoms with Crippen molar-refractivity contribution < 1.29 is 19.4 Å². The van der Waals surface area contributed by atoms with Gasteiger partial charge in [0.25, 0.3) is 0 Å². The lowest BCUT2D eigenvalue weighted by molar-refractivity contribution is -0.148. The van der Waals surface area contributed by atoms with Crippen molar-refractivity contribution in [2.45, 2.75) is 32.2 Å². The number of carbonyl (C=O) groups excluding carboxylic acids is 1. The van der Waals surface area contributed by atoms with Gasteiger partial charge in [-0.2, -0.15) is 0 Å². The fourth-order valence-corrected chi connectivity index (χ4v) is 2.70. The number of carboxylic acid groups (broad SMARTS) is 1. The summed E-state index contributed by atoms with van der Waals surface area (Å²) < 4.78 is 4.97. The topological polar surface area (TPSA) is 88.5 Å². The Morgan fingerprint density at radius 3 is 2.62 bits per heavy atom. The van der Waals surface area contributed by atoms with Gasteiger partial charge in [-0.15, -0.1) is 0 Å². The van der Waals surface area contributed by atoms with Crippen LogP contribution in [0.3, 0.4) is 0 Å². The molecule has 0 spiro atoms. The molecule has 21 heavy (non-hydrogen) atoms. The third-order valence-electron chi connectivity index (χ3n) is 3.89. The van der Waals surface area contributed by atoms with Crippen LogP contribution in [0, 0.1) is 11.8 Å². The van der Waals surface area contributed by atoms with Gasteiger partial charge < -0.3 is 15.2 Å². The number of nitrogens with one attached hydrogen (secondary N) is 1. The fourth-order valence-electron chi connectivity index (χ4n) is 2.70. The first-order chi connectivity index (χ1) is 10.1. The molecule has 0 bridgehead atoms. The van der Waals surface area contributed by atoms with Crippen molar-refractivity contribution in [1.29, 1.82) is 0 Å². The van der Waals surface area contributed by atoms with Gasteiger partial charge in [0, 0.05) is 18.8 Å². The van der Waals surface area contributed by atoms with Crippen LogP contribution >= 0.6 is 0 Å². The van der Waals surface area contributed by atoms with Crippen molar-refractivity contribution >= 4 is 11.9 Å². The Bertz CT molecular complexity index is 501. The number of carbonyl (C=O) groups is 2. The summed E-state index contributed by atoms with van der Waals surface area (Å²) in [5, 5.41) is 12.0. The van der Waals surface area contributed by atoms with Crippen LogP contribution in [0.15, 0.2) is 18.3 Å². The highest BCUT2D eigenvalue weighted by molar-refractivity contribution is 5.84. The molecule has 2 atom stereocenters. The van der Waals surface area contributed by atoms with Crippen LogP contribution in [0.1, 0.15) is 31.2 Å². The number of hydrogen-bond acceptors (Lipinski definition) is 4. The van der Waals surface area contributed by atoms with Gasteiger partial charge in [-0.25, -0.2) is 4.98 Å². The Balaban J connectivity index is 1.91. The molecule has 1 aromatic rings. The molecule has 1 aliphatic carbocycles. The highest BCUT2D eigenvalue weighted by Gasteiger charge is 2.35. The van der Waals surface area contributed by atoms with Gasteiger partial charge in [0.15, 0.2) is 0 Å². The molecule has 1 fully saturated rings. The van der Waals surface area contributed by atoms with E-state index in [-0.39, 0.29) is 5.91 Å². The fraction of sp³-hybridized carbons (Fsp3) is 0.533. The summed E-state index contributed by atoms with van der Waals surface area (Å²) in [6.45, 7) is 0.346. The van der Waals surface area contributed by atoms with Crippen molar-refractivity contribution in [3.05, 3.63) is 23.9 Å². The van der Waals surface area contributed by atoms with Gasteiger partial charge >= 0.3 is 5.97 Å². The maximum absolute atomic E-state index is 12.2. The summed E-state index contributed by atoms with van der Waals surface area (Å²) in [6.07, 6.45) is 4.64. The zero-order valence-corrected chi connectivity index (χ0v) is 12.0. The lowest BCUT2D eigenvalue weighted by Crippen LogP contribution is -2.39. The Morgan fingerprint density at radius 2 is 2.05 bits per heavy atom. The second-order valence-electron chi connectivity index (χ2n) is 5.26. The number of hydrogen-bond donors (Lipinski definition) is 2. The lowest BCUT2D eigenvalue weighted by atomic mass is 9.78. The molecule has 6 nitrogen and oxygen atoms in total. The SMILES string of the molecule is COc1ccc(CNC(=O)[C@@H]2CCCC[C@@H]2C(=O)O)cn1. The van der Waals surface area contributed by atoms with E-state index in [0.29, 0.717) is 25.3 Å². The summed E-state index contributed by atoms with van der Waals surface area (Å²) in [6, 6.07) is 3.55. The molecule has 0 aliphatic heterocycles. The number of carboxylic acids is 1. The second kappa shape index (κ2) is 7.06. The van der Waals surface area contributed by atoms with E-state index in [4.69, 9.17) is 4.74 Å². The molecule has 1 aromatic heterocycles. The van der Waals surface area contributed by atoms with Gasteiger partial charge in [-0.1, -0.05) is 18.9 Å². The van der Waals surface area contributed by atoms with Gasteiger partial charge in [0.05, 0.1) is 18.9 Å². The number of aromatic nitrogens is 1. The van der Waals surface area contributed by atoms with Gasteiger partial charge in [0.1, 0.15) is 0 Å². The maximum Gasteiger partial charge on any atom is 0.307 e. The minimum Gasteiger partial charge on any atom is -0.481 e. The molecule has 2 rings (SSSR count). The largest absolute Gasteiger partial charge is 0.481 e. The monoisotopic (exact) mass is 292 g/mol.